The number of nitrogens with zero attached hydrogens (tertiary/aromatic N) is 1. The van der Waals surface area contributed by atoms with Crippen LogP contribution in [-0.2, 0) is 16.1 Å². The van der Waals surface area contributed by atoms with E-state index in [1.54, 1.807) is 23.1 Å². The van der Waals surface area contributed by atoms with E-state index < -0.39 is 0 Å². The summed E-state index contributed by atoms with van der Waals surface area (Å²) in [6, 6.07) is 12.9. The van der Waals surface area contributed by atoms with Gasteiger partial charge in [0.05, 0.1) is 16.0 Å². The van der Waals surface area contributed by atoms with Gasteiger partial charge in [-0.1, -0.05) is 53.0 Å². The summed E-state index contributed by atoms with van der Waals surface area (Å²) >= 11 is 11.8. The number of rotatable bonds is 4. The standard InChI is InChI=1S/C19H18Cl2N2O2/c1-12-3-2-4-13(7-12)10-23-11-14(8-18(23)24)19(25)22-15-5-6-16(20)17(21)9-15/h2-7,9,14H,8,10-11H2,1H3,(H,22,25). The Morgan fingerprint density at radius 1 is 1.20 bits per heavy atom. The highest BCUT2D eigenvalue weighted by molar-refractivity contribution is 6.42. The van der Waals surface area contributed by atoms with Gasteiger partial charge in [-0.3, -0.25) is 9.59 Å². The second-order valence-electron chi connectivity index (χ2n) is 6.28. The molecule has 0 bridgehead atoms. The molecule has 25 heavy (non-hydrogen) atoms. The molecule has 1 aliphatic heterocycles. The summed E-state index contributed by atoms with van der Waals surface area (Å²) < 4.78 is 0. The van der Waals surface area contributed by atoms with Gasteiger partial charge in [0.25, 0.3) is 0 Å². The first kappa shape index (κ1) is 17.8. The topological polar surface area (TPSA) is 49.4 Å². The van der Waals surface area contributed by atoms with Crippen molar-refractivity contribution in [2.24, 2.45) is 5.92 Å². The fourth-order valence-corrected chi connectivity index (χ4v) is 3.25. The van der Waals surface area contributed by atoms with Crippen molar-refractivity contribution in [3.05, 3.63) is 63.6 Å². The highest BCUT2D eigenvalue weighted by Gasteiger charge is 2.34. The van der Waals surface area contributed by atoms with E-state index >= 15 is 0 Å². The Hall–Kier alpha value is -2.04. The monoisotopic (exact) mass is 376 g/mol. The van der Waals surface area contributed by atoms with E-state index in [2.05, 4.69) is 11.4 Å². The minimum atomic E-state index is -0.369. The van der Waals surface area contributed by atoms with Crippen molar-refractivity contribution in [2.75, 3.05) is 11.9 Å². The molecule has 1 aliphatic rings. The maximum Gasteiger partial charge on any atom is 0.229 e. The molecule has 0 aliphatic carbocycles. The lowest BCUT2D eigenvalue weighted by atomic mass is 10.1. The van der Waals surface area contributed by atoms with Crippen LogP contribution in [0.3, 0.4) is 0 Å². The van der Waals surface area contributed by atoms with E-state index in [4.69, 9.17) is 23.2 Å². The normalized spacial score (nSPS) is 17.0. The minimum absolute atomic E-state index is 0.00389. The Morgan fingerprint density at radius 2 is 2.00 bits per heavy atom. The van der Waals surface area contributed by atoms with Crippen LogP contribution < -0.4 is 5.32 Å². The number of benzene rings is 2. The SMILES string of the molecule is Cc1cccc(CN2CC(C(=O)Nc3ccc(Cl)c(Cl)c3)CC2=O)c1. The molecule has 2 amide bonds. The number of carbonyl (C=O) groups excluding carboxylic acids is 2. The molecule has 2 aromatic rings. The van der Waals surface area contributed by atoms with Gasteiger partial charge in [0.1, 0.15) is 0 Å². The average Bonchev–Trinajstić information content (AvgIpc) is 2.92. The van der Waals surface area contributed by atoms with E-state index in [1.165, 1.54) is 0 Å². The molecule has 6 heteroatoms. The number of aryl methyl sites for hydroxylation is 1. The first-order valence-electron chi connectivity index (χ1n) is 8.01. The summed E-state index contributed by atoms with van der Waals surface area (Å²) in [6.45, 7) is 2.96. The van der Waals surface area contributed by atoms with Crippen LogP contribution in [0.1, 0.15) is 17.5 Å². The van der Waals surface area contributed by atoms with E-state index in [-0.39, 0.29) is 24.2 Å². The van der Waals surface area contributed by atoms with Crippen LogP contribution in [0, 0.1) is 12.8 Å². The fraction of sp³-hybridized carbons (Fsp3) is 0.263. The third-order valence-corrected chi connectivity index (χ3v) is 4.97. The van der Waals surface area contributed by atoms with Crippen LogP contribution in [0.15, 0.2) is 42.5 Å². The summed E-state index contributed by atoms with van der Waals surface area (Å²) in [5, 5.41) is 3.61. The molecule has 1 heterocycles. The first-order valence-corrected chi connectivity index (χ1v) is 8.77. The summed E-state index contributed by atoms with van der Waals surface area (Å²) in [7, 11) is 0. The fourth-order valence-electron chi connectivity index (χ4n) is 2.95. The highest BCUT2D eigenvalue weighted by Crippen LogP contribution is 2.26. The van der Waals surface area contributed by atoms with Crippen molar-refractivity contribution in [2.45, 2.75) is 19.9 Å². The molecule has 1 fully saturated rings. The van der Waals surface area contributed by atoms with Gasteiger partial charge in [-0.05, 0) is 30.7 Å². The van der Waals surface area contributed by atoms with E-state index in [9.17, 15) is 9.59 Å². The average molecular weight is 377 g/mol. The van der Waals surface area contributed by atoms with Gasteiger partial charge in [0, 0.05) is 25.2 Å². The lowest BCUT2D eigenvalue weighted by molar-refractivity contribution is -0.128. The van der Waals surface area contributed by atoms with Crippen molar-refractivity contribution < 1.29 is 9.59 Å². The van der Waals surface area contributed by atoms with E-state index in [0.29, 0.717) is 28.8 Å². The molecule has 3 rings (SSSR count). The summed E-state index contributed by atoms with van der Waals surface area (Å²) in [5.41, 5.74) is 2.79. The largest absolute Gasteiger partial charge is 0.338 e. The molecule has 130 valence electrons. The summed E-state index contributed by atoms with van der Waals surface area (Å²) in [5.74, 6) is -0.555. The zero-order valence-corrected chi connectivity index (χ0v) is 15.3. The molecule has 1 unspecified atom stereocenters. The number of likely N-dealkylation sites (tertiary alicyclic amines) is 1. The molecule has 0 radical (unpaired) electrons. The lowest BCUT2D eigenvalue weighted by Gasteiger charge is -2.17. The Bertz CT molecular complexity index is 823. The van der Waals surface area contributed by atoms with Gasteiger partial charge in [-0.25, -0.2) is 0 Å². The minimum Gasteiger partial charge on any atom is -0.338 e. The lowest BCUT2D eigenvalue weighted by Crippen LogP contribution is -2.28. The number of anilines is 1. The molecular weight excluding hydrogens is 359 g/mol. The van der Waals surface area contributed by atoms with Crippen LogP contribution >= 0.6 is 23.2 Å². The molecular formula is C19H18Cl2N2O2. The number of halogens is 2. The van der Waals surface area contributed by atoms with Gasteiger partial charge < -0.3 is 10.2 Å². The van der Waals surface area contributed by atoms with Gasteiger partial charge in [-0.2, -0.15) is 0 Å². The smallest absolute Gasteiger partial charge is 0.229 e. The van der Waals surface area contributed by atoms with Gasteiger partial charge in [0.15, 0.2) is 0 Å². The van der Waals surface area contributed by atoms with Crippen LogP contribution in [0.25, 0.3) is 0 Å². The number of hydrogen-bond donors (Lipinski definition) is 1. The predicted molar refractivity (Wildman–Crippen MR) is 99.8 cm³/mol. The van der Waals surface area contributed by atoms with Crippen LogP contribution in [0.4, 0.5) is 5.69 Å². The van der Waals surface area contributed by atoms with Crippen molar-refractivity contribution in [1.29, 1.82) is 0 Å². The van der Waals surface area contributed by atoms with Gasteiger partial charge >= 0.3 is 0 Å². The first-order chi connectivity index (χ1) is 11.9. The van der Waals surface area contributed by atoms with Crippen LogP contribution in [-0.4, -0.2) is 23.3 Å². The Morgan fingerprint density at radius 3 is 2.72 bits per heavy atom. The molecule has 0 aromatic heterocycles. The van der Waals surface area contributed by atoms with Gasteiger partial charge in [-0.15, -0.1) is 0 Å². The van der Waals surface area contributed by atoms with Crippen LogP contribution in [0.2, 0.25) is 10.0 Å². The summed E-state index contributed by atoms with van der Waals surface area (Å²) in [4.78, 5) is 26.4. The van der Waals surface area contributed by atoms with E-state index in [0.717, 1.165) is 11.1 Å². The number of carbonyl (C=O) groups is 2. The number of amides is 2. The molecule has 0 spiro atoms. The van der Waals surface area contributed by atoms with Crippen LogP contribution in [0.5, 0.6) is 0 Å². The maximum atomic E-state index is 12.4. The van der Waals surface area contributed by atoms with Gasteiger partial charge in [0.2, 0.25) is 11.8 Å². The molecule has 1 atom stereocenters. The van der Waals surface area contributed by atoms with Crippen molar-refractivity contribution in [3.8, 4) is 0 Å². The zero-order valence-electron chi connectivity index (χ0n) is 13.8. The van der Waals surface area contributed by atoms with Crippen molar-refractivity contribution in [1.82, 2.24) is 4.90 Å². The zero-order chi connectivity index (χ0) is 18.0. The Labute approximate surface area is 156 Å². The maximum absolute atomic E-state index is 12.4. The molecule has 1 saturated heterocycles. The molecule has 0 saturated carbocycles. The number of nitrogens with one attached hydrogen (secondary N) is 1. The quantitative estimate of drug-likeness (QED) is 0.864. The predicted octanol–water partition coefficient (Wildman–Crippen LogP) is 4.29. The molecule has 1 N–H and O–H groups in total. The Kier molecular flexibility index (Phi) is 5.30. The van der Waals surface area contributed by atoms with Crippen molar-refractivity contribution >= 4 is 40.7 Å². The highest BCUT2D eigenvalue weighted by atomic mass is 35.5. The Balaban J connectivity index is 1.63. The molecule has 2 aromatic carbocycles. The third-order valence-electron chi connectivity index (χ3n) is 4.23. The van der Waals surface area contributed by atoms with Crippen molar-refractivity contribution in [3.63, 3.8) is 0 Å². The van der Waals surface area contributed by atoms with E-state index in [1.807, 2.05) is 25.1 Å². The second kappa shape index (κ2) is 7.46. The number of hydrogen-bond acceptors (Lipinski definition) is 2. The third kappa shape index (κ3) is 4.33. The second-order valence-corrected chi connectivity index (χ2v) is 7.10. The molecule has 4 nitrogen and oxygen atoms in total. The summed E-state index contributed by atoms with van der Waals surface area (Å²) in [6.07, 6.45) is 0.221.